The quantitative estimate of drug-likeness (QED) is 0.638. The van der Waals surface area contributed by atoms with Gasteiger partial charge in [0.15, 0.2) is 5.15 Å². The van der Waals surface area contributed by atoms with Gasteiger partial charge in [0, 0.05) is 12.6 Å². The predicted molar refractivity (Wildman–Crippen MR) is 62.1 cm³/mol. The van der Waals surface area contributed by atoms with Crippen LogP contribution < -0.4 is 0 Å². The number of halogens is 1. The fraction of sp³-hybridized carbons (Fsp3) is 0.455. The second-order valence-electron chi connectivity index (χ2n) is 3.63. The first-order chi connectivity index (χ1) is 7.31. The van der Waals surface area contributed by atoms with Gasteiger partial charge in [0.05, 0.1) is 5.52 Å². The third-order valence-corrected chi connectivity index (χ3v) is 2.69. The maximum atomic E-state index is 6.03. The molecule has 2 heterocycles. The van der Waals surface area contributed by atoms with Crippen LogP contribution in [0.5, 0.6) is 0 Å². The summed E-state index contributed by atoms with van der Waals surface area (Å²) in [6.07, 6.45) is 6.30. The molecule has 2 rings (SSSR count). The molecule has 0 aliphatic rings. The van der Waals surface area contributed by atoms with E-state index in [1.54, 1.807) is 0 Å². The summed E-state index contributed by atoms with van der Waals surface area (Å²) in [6, 6.07) is 1.92. The van der Waals surface area contributed by atoms with E-state index in [2.05, 4.69) is 21.9 Å². The second-order valence-corrected chi connectivity index (χ2v) is 3.98. The summed E-state index contributed by atoms with van der Waals surface area (Å²) in [7, 11) is 0. The Kier molecular flexibility index (Phi) is 3.21. The summed E-state index contributed by atoms with van der Waals surface area (Å²) in [5.74, 6) is 0.848. The maximum absolute atomic E-state index is 6.03. The molecule has 0 aliphatic heterocycles. The van der Waals surface area contributed by atoms with Crippen molar-refractivity contribution in [2.45, 2.75) is 32.6 Å². The first-order valence-electron chi connectivity index (χ1n) is 5.30. The molecule has 4 heteroatoms. The van der Waals surface area contributed by atoms with Crippen molar-refractivity contribution in [2.75, 3.05) is 0 Å². The third-order valence-electron chi connectivity index (χ3n) is 2.41. The van der Waals surface area contributed by atoms with Crippen molar-refractivity contribution in [3.63, 3.8) is 0 Å². The van der Waals surface area contributed by atoms with Crippen LogP contribution in [0, 0.1) is 0 Å². The predicted octanol–water partition coefficient (Wildman–Crippen LogP) is 3.34. The van der Waals surface area contributed by atoms with E-state index in [0.29, 0.717) is 5.15 Å². The molecular formula is C11H14ClN3. The highest BCUT2D eigenvalue weighted by Crippen LogP contribution is 2.18. The molecule has 2 aromatic rings. The standard InChI is InChI=1S/C11H14ClN3/c1-2-3-4-5-9-14-8-6-7-13-10(8)11(12)15-9/h6-7,13H,2-5H2,1H3. The van der Waals surface area contributed by atoms with E-state index >= 15 is 0 Å². The Morgan fingerprint density at radius 1 is 1.33 bits per heavy atom. The lowest BCUT2D eigenvalue weighted by Crippen LogP contribution is -1.96. The number of fused-ring (bicyclic) bond motifs is 1. The highest BCUT2D eigenvalue weighted by Gasteiger charge is 2.05. The Morgan fingerprint density at radius 2 is 2.20 bits per heavy atom. The first kappa shape index (κ1) is 10.4. The van der Waals surface area contributed by atoms with Crippen molar-refractivity contribution in [3.8, 4) is 0 Å². The van der Waals surface area contributed by atoms with Crippen molar-refractivity contribution in [1.82, 2.24) is 15.0 Å². The molecule has 0 unspecified atom stereocenters. The monoisotopic (exact) mass is 223 g/mol. The number of hydrogen-bond acceptors (Lipinski definition) is 2. The van der Waals surface area contributed by atoms with Crippen LogP contribution in [-0.4, -0.2) is 15.0 Å². The molecule has 0 amide bonds. The van der Waals surface area contributed by atoms with Crippen LogP contribution in [0.15, 0.2) is 12.3 Å². The van der Waals surface area contributed by atoms with E-state index < -0.39 is 0 Å². The molecule has 0 spiro atoms. The largest absolute Gasteiger partial charge is 0.357 e. The Hall–Kier alpha value is -1.09. The zero-order valence-corrected chi connectivity index (χ0v) is 9.51. The fourth-order valence-electron chi connectivity index (χ4n) is 1.60. The van der Waals surface area contributed by atoms with Crippen LogP contribution in [0.1, 0.15) is 32.0 Å². The molecule has 0 radical (unpaired) electrons. The van der Waals surface area contributed by atoms with Gasteiger partial charge in [0.2, 0.25) is 0 Å². The van der Waals surface area contributed by atoms with E-state index in [1.807, 2.05) is 12.3 Å². The minimum Gasteiger partial charge on any atom is -0.357 e. The smallest absolute Gasteiger partial charge is 0.156 e. The summed E-state index contributed by atoms with van der Waals surface area (Å²) in [4.78, 5) is 11.7. The second kappa shape index (κ2) is 4.62. The molecule has 0 fully saturated rings. The summed E-state index contributed by atoms with van der Waals surface area (Å²) >= 11 is 6.03. The number of nitrogens with one attached hydrogen (secondary N) is 1. The van der Waals surface area contributed by atoms with Crippen LogP contribution in [-0.2, 0) is 6.42 Å². The Morgan fingerprint density at radius 3 is 3.00 bits per heavy atom. The molecule has 0 aliphatic carbocycles. The van der Waals surface area contributed by atoms with Crippen LogP contribution >= 0.6 is 11.6 Å². The van der Waals surface area contributed by atoms with Gasteiger partial charge < -0.3 is 4.98 Å². The van der Waals surface area contributed by atoms with Crippen LogP contribution in [0.25, 0.3) is 11.0 Å². The first-order valence-corrected chi connectivity index (χ1v) is 5.68. The lowest BCUT2D eigenvalue weighted by atomic mass is 10.2. The average Bonchev–Trinajstić information content (AvgIpc) is 2.66. The third kappa shape index (κ3) is 2.29. The van der Waals surface area contributed by atoms with Crippen molar-refractivity contribution in [2.24, 2.45) is 0 Å². The van der Waals surface area contributed by atoms with Gasteiger partial charge in [-0.1, -0.05) is 31.4 Å². The van der Waals surface area contributed by atoms with Gasteiger partial charge in [0.25, 0.3) is 0 Å². The summed E-state index contributed by atoms with van der Waals surface area (Å²) in [5.41, 5.74) is 1.73. The average molecular weight is 224 g/mol. The number of hydrogen-bond donors (Lipinski definition) is 1. The minimum atomic E-state index is 0.525. The number of aromatic amines is 1. The summed E-state index contributed by atoms with van der Waals surface area (Å²) < 4.78 is 0. The van der Waals surface area contributed by atoms with Gasteiger partial charge in [-0.3, -0.25) is 0 Å². The molecule has 2 aromatic heterocycles. The molecule has 0 saturated heterocycles. The lowest BCUT2D eigenvalue weighted by Gasteiger charge is -2.00. The van der Waals surface area contributed by atoms with Crippen molar-refractivity contribution in [3.05, 3.63) is 23.2 Å². The number of unbranched alkanes of at least 4 members (excludes halogenated alkanes) is 2. The van der Waals surface area contributed by atoms with Gasteiger partial charge >= 0.3 is 0 Å². The van der Waals surface area contributed by atoms with Gasteiger partial charge in [-0.05, 0) is 12.5 Å². The van der Waals surface area contributed by atoms with E-state index in [1.165, 1.54) is 12.8 Å². The normalized spacial score (nSPS) is 11.1. The van der Waals surface area contributed by atoms with E-state index in [9.17, 15) is 0 Å². The molecule has 15 heavy (non-hydrogen) atoms. The summed E-state index contributed by atoms with van der Waals surface area (Å²) in [5, 5.41) is 0.525. The van der Waals surface area contributed by atoms with Gasteiger partial charge in [-0.25, -0.2) is 9.97 Å². The Balaban J connectivity index is 2.21. The van der Waals surface area contributed by atoms with Gasteiger partial charge in [-0.2, -0.15) is 0 Å². The Labute approximate surface area is 93.9 Å². The van der Waals surface area contributed by atoms with E-state index in [-0.39, 0.29) is 0 Å². The number of H-pyrrole nitrogens is 1. The van der Waals surface area contributed by atoms with Crippen LogP contribution in [0.4, 0.5) is 0 Å². The fourth-order valence-corrected chi connectivity index (χ4v) is 1.85. The SMILES string of the molecule is CCCCCc1nc(Cl)c2[nH]ccc2n1. The molecular weight excluding hydrogens is 210 g/mol. The topological polar surface area (TPSA) is 41.6 Å². The van der Waals surface area contributed by atoms with Crippen LogP contribution in [0.2, 0.25) is 5.15 Å². The maximum Gasteiger partial charge on any atom is 0.156 e. The Bertz CT molecular complexity index is 450. The zero-order valence-electron chi connectivity index (χ0n) is 8.76. The molecule has 3 nitrogen and oxygen atoms in total. The highest BCUT2D eigenvalue weighted by molar-refractivity contribution is 6.33. The number of rotatable bonds is 4. The molecule has 0 atom stereocenters. The van der Waals surface area contributed by atoms with Crippen molar-refractivity contribution in [1.29, 1.82) is 0 Å². The molecule has 0 aromatic carbocycles. The van der Waals surface area contributed by atoms with E-state index in [4.69, 9.17) is 11.6 Å². The number of nitrogens with zero attached hydrogens (tertiary/aromatic N) is 2. The molecule has 0 saturated carbocycles. The van der Waals surface area contributed by atoms with Crippen molar-refractivity contribution < 1.29 is 0 Å². The zero-order chi connectivity index (χ0) is 10.7. The highest BCUT2D eigenvalue weighted by atomic mass is 35.5. The van der Waals surface area contributed by atoms with E-state index in [0.717, 1.165) is 29.7 Å². The number of aromatic nitrogens is 3. The van der Waals surface area contributed by atoms with Crippen LogP contribution in [0.3, 0.4) is 0 Å². The minimum absolute atomic E-state index is 0.525. The molecule has 0 bridgehead atoms. The lowest BCUT2D eigenvalue weighted by molar-refractivity contribution is 0.696. The number of aryl methyl sites for hydroxylation is 1. The van der Waals surface area contributed by atoms with Crippen molar-refractivity contribution >= 4 is 22.6 Å². The molecule has 80 valence electrons. The van der Waals surface area contributed by atoms with Gasteiger partial charge in [-0.15, -0.1) is 0 Å². The van der Waals surface area contributed by atoms with Gasteiger partial charge in [0.1, 0.15) is 11.3 Å². The summed E-state index contributed by atoms with van der Waals surface area (Å²) in [6.45, 7) is 2.18. The molecule has 1 N–H and O–H groups in total.